The minimum Gasteiger partial charge on any atom is -0.381 e. The van der Waals surface area contributed by atoms with Crippen LogP contribution in [0.4, 0.5) is 5.69 Å². The molecule has 1 aromatic rings. The number of amides is 1. The van der Waals surface area contributed by atoms with Crippen molar-refractivity contribution in [1.29, 1.82) is 0 Å². The molecule has 1 aromatic carbocycles. The Labute approximate surface area is 132 Å². The van der Waals surface area contributed by atoms with E-state index in [1.165, 1.54) is 12.8 Å². The first-order valence-electron chi connectivity index (χ1n) is 7.68. The molecule has 0 saturated heterocycles. The van der Waals surface area contributed by atoms with Gasteiger partial charge in [-0.1, -0.05) is 38.3 Å². The number of nitrogens with one attached hydrogen (secondary N) is 1. The van der Waals surface area contributed by atoms with Crippen LogP contribution in [0.3, 0.4) is 0 Å². The molecule has 116 valence electrons. The lowest BCUT2D eigenvalue weighted by molar-refractivity contribution is 0.0828. The van der Waals surface area contributed by atoms with Gasteiger partial charge in [0, 0.05) is 30.8 Å². The summed E-state index contributed by atoms with van der Waals surface area (Å²) in [5.41, 5.74) is 1.54. The largest absolute Gasteiger partial charge is 0.381 e. The van der Waals surface area contributed by atoms with Gasteiger partial charge in [-0.15, -0.1) is 0 Å². The van der Waals surface area contributed by atoms with Gasteiger partial charge in [-0.3, -0.25) is 4.79 Å². The quantitative estimate of drug-likeness (QED) is 0.904. The van der Waals surface area contributed by atoms with Crippen molar-refractivity contribution in [2.24, 2.45) is 11.8 Å². The summed E-state index contributed by atoms with van der Waals surface area (Å²) in [5.74, 6) is 1.31. The van der Waals surface area contributed by atoms with E-state index in [-0.39, 0.29) is 5.91 Å². The molecule has 21 heavy (non-hydrogen) atoms. The minimum absolute atomic E-state index is 0.00526. The maximum absolute atomic E-state index is 12.3. The Kier molecular flexibility index (Phi) is 5.15. The Morgan fingerprint density at radius 2 is 2.00 bits per heavy atom. The SMILES string of the molecule is CC1CCCC(Nc2cc(Cl)ccc2C(=O)N(C)C)C1C. The zero-order valence-corrected chi connectivity index (χ0v) is 14.1. The van der Waals surface area contributed by atoms with E-state index in [1.54, 1.807) is 25.1 Å². The topological polar surface area (TPSA) is 32.3 Å². The summed E-state index contributed by atoms with van der Waals surface area (Å²) >= 11 is 6.12. The predicted molar refractivity (Wildman–Crippen MR) is 89.1 cm³/mol. The summed E-state index contributed by atoms with van der Waals surface area (Å²) < 4.78 is 0. The van der Waals surface area contributed by atoms with Gasteiger partial charge in [0.2, 0.25) is 0 Å². The summed E-state index contributed by atoms with van der Waals surface area (Å²) in [6.45, 7) is 4.60. The van der Waals surface area contributed by atoms with Crippen LogP contribution < -0.4 is 5.32 Å². The molecule has 1 N–H and O–H groups in total. The Balaban J connectivity index is 2.26. The van der Waals surface area contributed by atoms with E-state index in [1.807, 2.05) is 12.1 Å². The van der Waals surface area contributed by atoms with Crippen LogP contribution in [0.5, 0.6) is 0 Å². The Bertz CT molecular complexity index is 516. The molecule has 0 spiro atoms. The molecule has 3 atom stereocenters. The molecule has 0 heterocycles. The molecule has 1 aliphatic rings. The molecule has 4 heteroatoms. The van der Waals surface area contributed by atoms with Gasteiger partial charge >= 0.3 is 0 Å². The molecule has 0 bridgehead atoms. The van der Waals surface area contributed by atoms with Gasteiger partial charge in [-0.2, -0.15) is 0 Å². The van der Waals surface area contributed by atoms with Crippen LogP contribution in [-0.2, 0) is 0 Å². The first-order valence-corrected chi connectivity index (χ1v) is 8.05. The van der Waals surface area contributed by atoms with Gasteiger partial charge in [-0.25, -0.2) is 0 Å². The smallest absolute Gasteiger partial charge is 0.255 e. The van der Waals surface area contributed by atoms with Crippen LogP contribution in [-0.4, -0.2) is 30.9 Å². The number of carbonyl (C=O) groups excluding carboxylic acids is 1. The lowest BCUT2D eigenvalue weighted by Crippen LogP contribution is -2.35. The molecular weight excluding hydrogens is 284 g/mol. The summed E-state index contributed by atoms with van der Waals surface area (Å²) in [6, 6.07) is 5.85. The molecule has 1 aliphatic carbocycles. The highest BCUT2D eigenvalue weighted by molar-refractivity contribution is 6.31. The molecule has 1 amide bonds. The third kappa shape index (κ3) is 3.70. The summed E-state index contributed by atoms with van der Waals surface area (Å²) in [5, 5.41) is 4.23. The zero-order chi connectivity index (χ0) is 15.6. The maximum atomic E-state index is 12.3. The van der Waals surface area contributed by atoms with Crippen molar-refractivity contribution in [2.45, 2.75) is 39.2 Å². The van der Waals surface area contributed by atoms with E-state index in [4.69, 9.17) is 11.6 Å². The van der Waals surface area contributed by atoms with E-state index in [2.05, 4.69) is 19.2 Å². The van der Waals surface area contributed by atoms with Crippen LogP contribution in [0.25, 0.3) is 0 Å². The highest BCUT2D eigenvalue weighted by Gasteiger charge is 2.28. The number of anilines is 1. The van der Waals surface area contributed by atoms with Crippen LogP contribution in [0.1, 0.15) is 43.5 Å². The van der Waals surface area contributed by atoms with Gasteiger partial charge in [0.05, 0.1) is 5.56 Å². The van der Waals surface area contributed by atoms with Crippen molar-refractivity contribution in [3.63, 3.8) is 0 Å². The Hall–Kier alpha value is -1.22. The molecule has 1 saturated carbocycles. The number of benzene rings is 1. The fraction of sp³-hybridized carbons (Fsp3) is 0.588. The molecule has 0 aromatic heterocycles. The van der Waals surface area contributed by atoms with Crippen LogP contribution in [0.15, 0.2) is 18.2 Å². The first-order chi connectivity index (χ1) is 9.90. The standard InChI is InChI=1S/C17H25ClN2O/c1-11-6-5-7-15(12(11)2)19-16-10-13(18)8-9-14(16)17(21)20(3)4/h8-12,15,19H,5-7H2,1-4H3. The van der Waals surface area contributed by atoms with Gasteiger partial charge in [0.1, 0.15) is 0 Å². The van der Waals surface area contributed by atoms with Gasteiger partial charge in [0.25, 0.3) is 5.91 Å². The van der Waals surface area contributed by atoms with Crippen LogP contribution in [0, 0.1) is 11.8 Å². The second-order valence-electron chi connectivity index (χ2n) is 6.41. The number of hydrogen-bond donors (Lipinski definition) is 1. The summed E-state index contributed by atoms with van der Waals surface area (Å²) in [6.07, 6.45) is 3.67. The normalized spacial score (nSPS) is 25.5. The first kappa shape index (κ1) is 16.2. The van der Waals surface area contributed by atoms with Gasteiger partial charge < -0.3 is 10.2 Å². The molecule has 2 rings (SSSR count). The Morgan fingerprint density at radius 1 is 1.29 bits per heavy atom. The van der Waals surface area contributed by atoms with E-state index in [0.29, 0.717) is 28.5 Å². The van der Waals surface area contributed by atoms with Crippen molar-refractivity contribution >= 4 is 23.2 Å². The van der Waals surface area contributed by atoms with Crippen molar-refractivity contribution in [3.05, 3.63) is 28.8 Å². The molecule has 0 radical (unpaired) electrons. The second-order valence-corrected chi connectivity index (χ2v) is 6.84. The highest BCUT2D eigenvalue weighted by Crippen LogP contribution is 2.33. The number of halogens is 1. The zero-order valence-electron chi connectivity index (χ0n) is 13.3. The summed E-state index contributed by atoms with van der Waals surface area (Å²) in [4.78, 5) is 13.9. The van der Waals surface area contributed by atoms with Gasteiger partial charge in [0.15, 0.2) is 0 Å². The second kappa shape index (κ2) is 6.69. The van der Waals surface area contributed by atoms with Crippen molar-refractivity contribution in [2.75, 3.05) is 19.4 Å². The predicted octanol–water partition coefficient (Wildman–Crippen LogP) is 4.28. The molecule has 3 nitrogen and oxygen atoms in total. The van der Waals surface area contributed by atoms with Crippen LogP contribution in [0.2, 0.25) is 5.02 Å². The molecule has 0 aliphatic heterocycles. The Morgan fingerprint density at radius 3 is 2.67 bits per heavy atom. The van der Waals surface area contributed by atoms with E-state index in [0.717, 1.165) is 12.1 Å². The van der Waals surface area contributed by atoms with Crippen molar-refractivity contribution in [1.82, 2.24) is 4.90 Å². The third-order valence-corrected chi connectivity index (χ3v) is 4.90. The highest BCUT2D eigenvalue weighted by atomic mass is 35.5. The lowest BCUT2D eigenvalue weighted by atomic mass is 9.78. The van der Waals surface area contributed by atoms with Crippen molar-refractivity contribution < 1.29 is 4.79 Å². The fourth-order valence-electron chi connectivity index (χ4n) is 3.05. The molecule has 1 fully saturated rings. The monoisotopic (exact) mass is 308 g/mol. The van der Waals surface area contributed by atoms with Crippen LogP contribution >= 0.6 is 11.6 Å². The average molecular weight is 309 g/mol. The third-order valence-electron chi connectivity index (χ3n) is 4.67. The van der Waals surface area contributed by atoms with E-state index < -0.39 is 0 Å². The maximum Gasteiger partial charge on any atom is 0.255 e. The number of rotatable bonds is 3. The van der Waals surface area contributed by atoms with Gasteiger partial charge in [-0.05, 0) is 36.5 Å². The lowest BCUT2D eigenvalue weighted by Gasteiger charge is -2.35. The average Bonchev–Trinajstić information content (AvgIpc) is 2.43. The minimum atomic E-state index is 0.00526. The van der Waals surface area contributed by atoms with Crippen molar-refractivity contribution in [3.8, 4) is 0 Å². The molecular formula is C17H25ClN2O. The number of hydrogen-bond acceptors (Lipinski definition) is 2. The van der Waals surface area contributed by atoms with E-state index >= 15 is 0 Å². The molecule has 3 unspecified atom stereocenters. The number of carbonyl (C=O) groups is 1. The number of nitrogens with zero attached hydrogens (tertiary/aromatic N) is 1. The summed E-state index contributed by atoms with van der Waals surface area (Å²) in [7, 11) is 3.54. The fourth-order valence-corrected chi connectivity index (χ4v) is 3.22. The van der Waals surface area contributed by atoms with E-state index in [9.17, 15) is 4.79 Å².